The standard InChI is InChI=1S/C14H13N3/c1-11-15-14(12-7-3-2-4-8-12)13-9-5-6-10-17(13)16-11/h2-10H,1H3,(H,15,16). The lowest BCUT2D eigenvalue weighted by Crippen LogP contribution is -2.39. The van der Waals surface area contributed by atoms with Crippen LogP contribution < -0.4 is 5.43 Å². The van der Waals surface area contributed by atoms with Crippen LogP contribution in [0.5, 0.6) is 0 Å². The average Bonchev–Trinajstić information content (AvgIpc) is 2.39. The summed E-state index contributed by atoms with van der Waals surface area (Å²) in [6.45, 7) is 1.96. The molecule has 2 heterocycles. The van der Waals surface area contributed by atoms with E-state index < -0.39 is 0 Å². The normalized spacial score (nSPS) is 17.7. The molecular formula is C14H13N3. The van der Waals surface area contributed by atoms with Gasteiger partial charge in [-0.25, -0.2) is 4.99 Å². The number of hydrogen-bond donors (Lipinski definition) is 1. The lowest BCUT2D eigenvalue weighted by atomic mass is 10.1. The van der Waals surface area contributed by atoms with Gasteiger partial charge in [-0.3, -0.25) is 10.4 Å². The summed E-state index contributed by atoms with van der Waals surface area (Å²) >= 11 is 0. The van der Waals surface area contributed by atoms with E-state index in [1.807, 2.05) is 48.5 Å². The van der Waals surface area contributed by atoms with Gasteiger partial charge in [-0.1, -0.05) is 36.4 Å². The van der Waals surface area contributed by atoms with Crippen LogP contribution in [0.15, 0.2) is 65.4 Å². The lowest BCUT2D eigenvalue weighted by Gasteiger charge is -2.30. The maximum absolute atomic E-state index is 4.60. The van der Waals surface area contributed by atoms with Gasteiger partial charge in [0, 0.05) is 11.8 Å². The van der Waals surface area contributed by atoms with Crippen LogP contribution in [0.25, 0.3) is 5.70 Å². The van der Waals surface area contributed by atoms with Crippen LogP contribution in [-0.2, 0) is 0 Å². The third-order valence-corrected chi connectivity index (χ3v) is 2.71. The van der Waals surface area contributed by atoms with Crippen molar-refractivity contribution in [3.8, 4) is 0 Å². The number of aliphatic imine (C=N–C) groups is 1. The van der Waals surface area contributed by atoms with E-state index in [-0.39, 0.29) is 0 Å². The Balaban J connectivity index is 2.15. The third-order valence-electron chi connectivity index (χ3n) is 2.71. The Labute approximate surface area is 100 Å². The highest BCUT2D eigenvalue weighted by molar-refractivity contribution is 5.89. The van der Waals surface area contributed by atoms with E-state index in [0.29, 0.717) is 0 Å². The van der Waals surface area contributed by atoms with Crippen LogP contribution in [0.2, 0.25) is 0 Å². The van der Waals surface area contributed by atoms with E-state index in [0.717, 1.165) is 22.8 Å². The fraction of sp³-hybridized carbons (Fsp3) is 0.0714. The summed E-state index contributed by atoms with van der Waals surface area (Å²) in [6, 6.07) is 10.2. The Hall–Kier alpha value is -2.29. The summed E-state index contributed by atoms with van der Waals surface area (Å²) in [4.78, 5) is 4.60. The molecule has 2 aliphatic heterocycles. The molecule has 84 valence electrons. The molecule has 17 heavy (non-hydrogen) atoms. The zero-order valence-corrected chi connectivity index (χ0v) is 9.59. The molecule has 0 unspecified atom stereocenters. The minimum atomic E-state index is 0.896. The molecule has 1 aromatic carbocycles. The van der Waals surface area contributed by atoms with Gasteiger partial charge in [0.25, 0.3) is 0 Å². The molecule has 0 amide bonds. The monoisotopic (exact) mass is 223 g/mol. The molecule has 2 aliphatic rings. The minimum Gasteiger partial charge on any atom is -0.281 e. The Morgan fingerprint density at radius 1 is 1.12 bits per heavy atom. The fourth-order valence-corrected chi connectivity index (χ4v) is 1.97. The number of hydrazine groups is 1. The van der Waals surface area contributed by atoms with Gasteiger partial charge in [0.15, 0.2) is 0 Å². The molecule has 1 aromatic rings. The van der Waals surface area contributed by atoms with Crippen LogP contribution >= 0.6 is 0 Å². The molecule has 3 nitrogen and oxygen atoms in total. The summed E-state index contributed by atoms with van der Waals surface area (Å²) in [5, 5.41) is 1.99. The molecule has 0 spiro atoms. The number of nitrogens with one attached hydrogen (secondary N) is 1. The molecule has 3 heteroatoms. The smallest absolute Gasteiger partial charge is 0.118 e. The molecule has 0 saturated carbocycles. The zero-order chi connectivity index (χ0) is 11.7. The van der Waals surface area contributed by atoms with E-state index in [9.17, 15) is 0 Å². The molecule has 0 atom stereocenters. The number of rotatable bonds is 1. The van der Waals surface area contributed by atoms with E-state index >= 15 is 0 Å². The number of hydrogen-bond acceptors (Lipinski definition) is 3. The second kappa shape index (κ2) is 3.94. The van der Waals surface area contributed by atoms with Crippen LogP contribution in [-0.4, -0.2) is 10.8 Å². The van der Waals surface area contributed by atoms with Gasteiger partial charge in [0.2, 0.25) is 0 Å². The summed E-state index contributed by atoms with van der Waals surface area (Å²) in [6.07, 6.45) is 8.08. The molecule has 0 saturated heterocycles. The summed E-state index contributed by atoms with van der Waals surface area (Å²) in [5.74, 6) is 0.896. The summed E-state index contributed by atoms with van der Waals surface area (Å²) in [7, 11) is 0. The SMILES string of the molecule is CC1=NC(c2ccccc2)=C2C=CC=CN2N1. The highest BCUT2D eigenvalue weighted by atomic mass is 15.5. The second-order valence-corrected chi connectivity index (χ2v) is 3.98. The van der Waals surface area contributed by atoms with Gasteiger partial charge in [-0.2, -0.15) is 0 Å². The van der Waals surface area contributed by atoms with Crippen LogP contribution in [0, 0.1) is 0 Å². The third kappa shape index (κ3) is 1.76. The van der Waals surface area contributed by atoms with E-state index in [2.05, 4.69) is 28.6 Å². The van der Waals surface area contributed by atoms with E-state index in [1.54, 1.807) is 0 Å². The van der Waals surface area contributed by atoms with Gasteiger partial charge in [0.05, 0.1) is 11.4 Å². The van der Waals surface area contributed by atoms with Crippen molar-refractivity contribution >= 4 is 11.5 Å². The Morgan fingerprint density at radius 2 is 1.94 bits per heavy atom. The van der Waals surface area contributed by atoms with Gasteiger partial charge < -0.3 is 0 Å². The predicted molar refractivity (Wildman–Crippen MR) is 69.7 cm³/mol. The van der Waals surface area contributed by atoms with Crippen molar-refractivity contribution in [2.75, 3.05) is 0 Å². The van der Waals surface area contributed by atoms with Crippen molar-refractivity contribution in [2.45, 2.75) is 6.92 Å². The summed E-state index contributed by atoms with van der Waals surface area (Å²) < 4.78 is 0. The Morgan fingerprint density at radius 3 is 2.76 bits per heavy atom. The molecule has 3 rings (SSSR count). The highest BCUT2D eigenvalue weighted by Gasteiger charge is 2.18. The Bertz CT molecular complexity index is 550. The molecule has 1 N–H and O–H groups in total. The first kappa shape index (κ1) is 9.90. The number of allylic oxidation sites excluding steroid dienone is 3. The second-order valence-electron chi connectivity index (χ2n) is 3.98. The van der Waals surface area contributed by atoms with Gasteiger partial charge in [0.1, 0.15) is 5.84 Å². The maximum Gasteiger partial charge on any atom is 0.118 e. The Kier molecular flexibility index (Phi) is 2.29. The van der Waals surface area contributed by atoms with Crippen LogP contribution in [0.4, 0.5) is 0 Å². The quantitative estimate of drug-likeness (QED) is 0.792. The molecule has 0 aliphatic carbocycles. The van der Waals surface area contributed by atoms with E-state index in [4.69, 9.17) is 0 Å². The first-order chi connectivity index (χ1) is 8.34. The van der Waals surface area contributed by atoms with Crippen molar-refractivity contribution in [2.24, 2.45) is 4.99 Å². The molecule has 0 radical (unpaired) electrons. The summed E-state index contributed by atoms with van der Waals surface area (Å²) in [5.41, 5.74) is 6.41. The van der Waals surface area contributed by atoms with Gasteiger partial charge in [-0.05, 0) is 19.1 Å². The van der Waals surface area contributed by atoms with Crippen molar-refractivity contribution in [1.29, 1.82) is 0 Å². The highest BCUT2D eigenvalue weighted by Crippen LogP contribution is 2.27. The minimum absolute atomic E-state index is 0.896. The van der Waals surface area contributed by atoms with Crippen LogP contribution in [0.1, 0.15) is 12.5 Å². The number of amidine groups is 1. The number of nitrogens with zero attached hydrogens (tertiary/aromatic N) is 2. The molecule has 0 fully saturated rings. The van der Waals surface area contributed by atoms with Crippen LogP contribution in [0.3, 0.4) is 0 Å². The largest absolute Gasteiger partial charge is 0.281 e. The molecule has 0 bridgehead atoms. The zero-order valence-electron chi connectivity index (χ0n) is 9.59. The molecular weight excluding hydrogens is 210 g/mol. The fourth-order valence-electron chi connectivity index (χ4n) is 1.97. The first-order valence-corrected chi connectivity index (χ1v) is 5.60. The number of fused-ring (bicyclic) bond motifs is 1. The van der Waals surface area contributed by atoms with E-state index in [1.165, 1.54) is 0 Å². The average molecular weight is 223 g/mol. The topological polar surface area (TPSA) is 27.6 Å². The molecule has 0 aromatic heterocycles. The van der Waals surface area contributed by atoms with Crippen molar-refractivity contribution in [1.82, 2.24) is 10.4 Å². The van der Waals surface area contributed by atoms with Crippen molar-refractivity contribution < 1.29 is 0 Å². The predicted octanol–water partition coefficient (Wildman–Crippen LogP) is 2.68. The first-order valence-electron chi connectivity index (χ1n) is 5.60. The van der Waals surface area contributed by atoms with Gasteiger partial charge in [-0.15, -0.1) is 0 Å². The van der Waals surface area contributed by atoms with Crippen molar-refractivity contribution in [3.05, 3.63) is 66.0 Å². The van der Waals surface area contributed by atoms with Crippen molar-refractivity contribution in [3.63, 3.8) is 0 Å². The maximum atomic E-state index is 4.60. The number of benzene rings is 1. The lowest BCUT2D eigenvalue weighted by molar-refractivity contribution is 0.421. The van der Waals surface area contributed by atoms with Gasteiger partial charge >= 0.3 is 0 Å².